The predicted octanol–water partition coefficient (Wildman–Crippen LogP) is 5.94. The van der Waals surface area contributed by atoms with Crippen LogP contribution in [0.2, 0.25) is 0 Å². The Balaban J connectivity index is 1.42. The van der Waals surface area contributed by atoms with Crippen molar-refractivity contribution in [3.05, 3.63) is 114 Å². The van der Waals surface area contributed by atoms with Gasteiger partial charge in [0.2, 0.25) is 0 Å². The van der Waals surface area contributed by atoms with Crippen molar-refractivity contribution in [2.75, 3.05) is 37.2 Å². The van der Waals surface area contributed by atoms with Crippen LogP contribution in [0.4, 0.5) is 5.69 Å². The first-order valence-electron chi connectivity index (χ1n) is 14.2. The summed E-state index contributed by atoms with van der Waals surface area (Å²) in [6.45, 7) is 6.72. The standard InChI is InChI=1S/C33H37N3O5S/c1-24(23-35-17-19-41-20-18-35)33(30-11-6-16-34-30)27-14-12-25(13-15-27)28-9-5-10-29(21-28)36(42(39)40)31(22-32(37)38)26-7-3-2-4-8-26/h2-16,21,24,31,33-34H,17-20,22-23H2,1H3,(H,37,38)(H,39,40). The van der Waals surface area contributed by atoms with Gasteiger partial charge in [-0.25, -0.2) is 4.21 Å². The second-order valence-electron chi connectivity index (χ2n) is 10.7. The number of aliphatic carboxylic acids is 1. The molecule has 4 aromatic rings. The zero-order chi connectivity index (χ0) is 29.5. The number of carbonyl (C=O) groups is 1. The lowest BCUT2D eigenvalue weighted by atomic mass is 9.83. The van der Waals surface area contributed by atoms with Crippen molar-refractivity contribution in [2.45, 2.75) is 25.3 Å². The molecule has 3 N–H and O–H groups in total. The normalized spacial score (nSPS) is 16.8. The number of carboxylic acid groups (broad SMARTS) is 1. The summed E-state index contributed by atoms with van der Waals surface area (Å²) in [6.07, 6.45) is 1.64. The molecule has 0 spiro atoms. The molecular formula is C33H37N3O5S. The predicted molar refractivity (Wildman–Crippen MR) is 166 cm³/mol. The van der Waals surface area contributed by atoms with Crippen molar-refractivity contribution in [1.82, 2.24) is 9.88 Å². The first-order valence-corrected chi connectivity index (χ1v) is 15.3. The minimum absolute atomic E-state index is 0.193. The smallest absolute Gasteiger partial charge is 0.305 e. The molecule has 2 heterocycles. The minimum Gasteiger partial charge on any atom is -0.481 e. The van der Waals surface area contributed by atoms with Gasteiger partial charge in [-0.1, -0.05) is 73.7 Å². The van der Waals surface area contributed by atoms with E-state index in [9.17, 15) is 18.7 Å². The third-order valence-electron chi connectivity index (χ3n) is 7.88. The van der Waals surface area contributed by atoms with Gasteiger partial charge in [0.25, 0.3) is 11.3 Å². The van der Waals surface area contributed by atoms with Crippen LogP contribution in [0.15, 0.2) is 97.2 Å². The van der Waals surface area contributed by atoms with E-state index in [0.29, 0.717) is 17.2 Å². The fourth-order valence-electron chi connectivity index (χ4n) is 5.91. The number of aromatic amines is 1. The third kappa shape index (κ3) is 7.17. The third-order valence-corrected chi connectivity index (χ3v) is 8.69. The van der Waals surface area contributed by atoms with Gasteiger partial charge >= 0.3 is 5.97 Å². The van der Waals surface area contributed by atoms with E-state index in [1.807, 2.05) is 36.5 Å². The van der Waals surface area contributed by atoms with Gasteiger partial charge in [-0.05, 0) is 52.4 Å². The molecule has 3 aromatic carbocycles. The molecule has 0 aliphatic carbocycles. The molecular weight excluding hydrogens is 550 g/mol. The largest absolute Gasteiger partial charge is 0.481 e. The Hall–Kier alpha value is -3.76. The highest BCUT2D eigenvalue weighted by molar-refractivity contribution is 7.80. The van der Waals surface area contributed by atoms with E-state index in [1.54, 1.807) is 30.3 Å². The van der Waals surface area contributed by atoms with Crippen LogP contribution >= 0.6 is 0 Å². The maximum Gasteiger partial charge on any atom is 0.305 e. The summed E-state index contributed by atoms with van der Waals surface area (Å²) in [5.41, 5.74) is 5.34. The summed E-state index contributed by atoms with van der Waals surface area (Å²) in [5.74, 6) is -0.489. The second-order valence-corrected chi connectivity index (χ2v) is 11.6. The molecule has 220 valence electrons. The van der Waals surface area contributed by atoms with Crippen LogP contribution in [-0.4, -0.2) is 62.6 Å². The number of hydrogen-bond donors (Lipinski definition) is 3. The van der Waals surface area contributed by atoms with Crippen LogP contribution in [-0.2, 0) is 20.8 Å². The van der Waals surface area contributed by atoms with Crippen LogP contribution in [0.3, 0.4) is 0 Å². The van der Waals surface area contributed by atoms with Gasteiger partial charge < -0.3 is 14.8 Å². The first-order chi connectivity index (χ1) is 20.4. The Labute approximate surface area is 249 Å². The Bertz CT molecular complexity index is 1460. The highest BCUT2D eigenvalue weighted by atomic mass is 32.2. The number of ether oxygens (including phenoxy) is 1. The Morgan fingerprint density at radius 1 is 0.952 bits per heavy atom. The number of nitrogens with zero attached hydrogens (tertiary/aromatic N) is 2. The van der Waals surface area contributed by atoms with Crippen LogP contribution < -0.4 is 4.31 Å². The fraction of sp³-hybridized carbons (Fsp3) is 0.303. The Kier molecular flexibility index (Phi) is 9.86. The molecule has 1 aliphatic heterocycles. The van der Waals surface area contributed by atoms with E-state index < -0.39 is 23.3 Å². The average Bonchev–Trinajstić information content (AvgIpc) is 3.52. The number of nitrogens with one attached hydrogen (secondary N) is 1. The number of benzene rings is 3. The molecule has 0 saturated carbocycles. The summed E-state index contributed by atoms with van der Waals surface area (Å²) in [6, 6.07) is 28.2. The van der Waals surface area contributed by atoms with Crippen LogP contribution in [0.5, 0.6) is 0 Å². The summed E-state index contributed by atoms with van der Waals surface area (Å²) >= 11 is -2.45. The average molecular weight is 588 g/mol. The SMILES string of the molecule is CC(CN1CCOCC1)C(c1ccc(-c2cccc(N(C(CC(=O)O)c3ccccc3)S(=O)O)c2)cc1)c1ccc[nH]1. The highest BCUT2D eigenvalue weighted by Gasteiger charge is 2.28. The van der Waals surface area contributed by atoms with Crippen LogP contribution in [0.1, 0.15) is 42.1 Å². The maximum atomic E-state index is 12.6. The molecule has 42 heavy (non-hydrogen) atoms. The van der Waals surface area contributed by atoms with Crippen molar-refractivity contribution < 1.29 is 23.4 Å². The van der Waals surface area contributed by atoms with Gasteiger partial charge in [0.05, 0.1) is 31.4 Å². The van der Waals surface area contributed by atoms with E-state index in [4.69, 9.17) is 4.74 Å². The van der Waals surface area contributed by atoms with Crippen molar-refractivity contribution in [3.63, 3.8) is 0 Å². The molecule has 0 amide bonds. The minimum atomic E-state index is -2.45. The molecule has 1 saturated heterocycles. The van der Waals surface area contributed by atoms with Crippen molar-refractivity contribution in [1.29, 1.82) is 0 Å². The molecule has 4 unspecified atom stereocenters. The maximum absolute atomic E-state index is 12.6. The summed E-state index contributed by atoms with van der Waals surface area (Å²) in [5, 5.41) is 9.61. The number of hydrogen-bond acceptors (Lipinski definition) is 4. The lowest BCUT2D eigenvalue weighted by Crippen LogP contribution is -2.40. The van der Waals surface area contributed by atoms with Gasteiger partial charge in [0, 0.05) is 37.4 Å². The molecule has 0 radical (unpaired) electrons. The van der Waals surface area contributed by atoms with Crippen molar-refractivity contribution in [2.24, 2.45) is 5.92 Å². The van der Waals surface area contributed by atoms with E-state index in [0.717, 1.165) is 44.0 Å². The molecule has 1 fully saturated rings. The lowest BCUT2D eigenvalue weighted by Gasteiger charge is -2.32. The van der Waals surface area contributed by atoms with Crippen LogP contribution in [0.25, 0.3) is 11.1 Å². The molecule has 8 nitrogen and oxygen atoms in total. The molecule has 1 aliphatic rings. The number of morpholine rings is 1. The molecule has 1 aromatic heterocycles. The van der Waals surface area contributed by atoms with Gasteiger partial charge in [0.1, 0.15) is 0 Å². The van der Waals surface area contributed by atoms with Crippen molar-refractivity contribution in [3.8, 4) is 11.1 Å². The number of rotatable bonds is 12. The lowest BCUT2D eigenvalue weighted by molar-refractivity contribution is -0.137. The Morgan fingerprint density at radius 3 is 2.33 bits per heavy atom. The quantitative estimate of drug-likeness (QED) is 0.177. The summed E-state index contributed by atoms with van der Waals surface area (Å²) in [7, 11) is 0. The number of aromatic nitrogens is 1. The van der Waals surface area contributed by atoms with E-state index >= 15 is 0 Å². The molecule has 5 rings (SSSR count). The zero-order valence-corrected chi connectivity index (χ0v) is 24.5. The van der Waals surface area contributed by atoms with Gasteiger partial charge in [-0.2, -0.15) is 0 Å². The van der Waals surface area contributed by atoms with E-state index in [-0.39, 0.29) is 12.3 Å². The Morgan fingerprint density at radius 2 is 1.69 bits per heavy atom. The second kappa shape index (κ2) is 13.9. The number of carboxylic acids is 1. The zero-order valence-electron chi connectivity index (χ0n) is 23.6. The molecule has 9 heteroatoms. The summed E-state index contributed by atoms with van der Waals surface area (Å²) in [4.78, 5) is 17.6. The van der Waals surface area contributed by atoms with Gasteiger partial charge in [-0.3, -0.25) is 18.6 Å². The molecule has 0 bridgehead atoms. The van der Waals surface area contributed by atoms with Crippen LogP contribution in [0, 0.1) is 5.92 Å². The first kappa shape index (κ1) is 29.7. The van der Waals surface area contributed by atoms with E-state index in [2.05, 4.69) is 47.1 Å². The highest BCUT2D eigenvalue weighted by Crippen LogP contribution is 2.36. The van der Waals surface area contributed by atoms with E-state index in [1.165, 1.54) is 15.6 Å². The van der Waals surface area contributed by atoms with Gasteiger partial charge in [-0.15, -0.1) is 0 Å². The monoisotopic (exact) mass is 587 g/mol. The fourth-order valence-corrected chi connectivity index (χ4v) is 6.62. The van der Waals surface area contributed by atoms with Gasteiger partial charge in [0.15, 0.2) is 0 Å². The topological polar surface area (TPSA) is 106 Å². The van der Waals surface area contributed by atoms with Crippen molar-refractivity contribution >= 4 is 22.9 Å². The molecule has 4 atom stereocenters. The summed E-state index contributed by atoms with van der Waals surface area (Å²) < 4.78 is 29.7. The number of anilines is 1. The number of H-pyrrole nitrogens is 1.